The normalized spacial score (nSPS) is 16.5. The predicted molar refractivity (Wildman–Crippen MR) is 109 cm³/mol. The minimum absolute atomic E-state index is 0.0781. The van der Waals surface area contributed by atoms with Crippen molar-refractivity contribution in [1.82, 2.24) is 19.9 Å². The lowest BCUT2D eigenvalue weighted by molar-refractivity contribution is -0.130. The number of carbonyl (C=O) groups excluding carboxylic acids is 1. The third kappa shape index (κ3) is 4.56. The Hall–Kier alpha value is -3.35. The lowest BCUT2D eigenvalue weighted by atomic mass is 9.94. The van der Waals surface area contributed by atoms with Crippen molar-refractivity contribution in [3.8, 4) is 11.4 Å². The van der Waals surface area contributed by atoms with Crippen LogP contribution in [0.2, 0.25) is 0 Å². The van der Waals surface area contributed by atoms with E-state index >= 15 is 0 Å². The van der Waals surface area contributed by atoms with Gasteiger partial charge >= 0.3 is 0 Å². The van der Waals surface area contributed by atoms with Crippen LogP contribution in [0.4, 0.5) is 15.9 Å². The number of amides is 1. The van der Waals surface area contributed by atoms with Crippen LogP contribution in [0.5, 0.6) is 0 Å². The number of benzene rings is 1. The van der Waals surface area contributed by atoms with Gasteiger partial charge in [-0.1, -0.05) is 6.07 Å². The van der Waals surface area contributed by atoms with Crippen LogP contribution in [-0.2, 0) is 4.79 Å². The number of piperidine rings is 1. The van der Waals surface area contributed by atoms with Crippen LogP contribution in [0, 0.1) is 5.82 Å². The topological polar surface area (TPSA) is 71.0 Å². The summed E-state index contributed by atoms with van der Waals surface area (Å²) in [6, 6.07) is 11.9. The maximum atomic E-state index is 13.6. The third-order valence-electron chi connectivity index (χ3n) is 5.05. The fourth-order valence-corrected chi connectivity index (χ4v) is 3.58. The molecule has 1 atom stereocenters. The zero-order valence-electron chi connectivity index (χ0n) is 16.2. The molecule has 1 aliphatic heterocycles. The van der Waals surface area contributed by atoms with Gasteiger partial charge in [0.2, 0.25) is 5.91 Å². The highest BCUT2D eigenvalue weighted by Gasteiger charge is 2.25. The number of rotatable bonds is 4. The molecule has 0 radical (unpaired) electrons. The number of nitrogens with zero attached hydrogens (tertiary/aromatic N) is 4. The molecule has 4 rings (SSSR count). The Kier molecular flexibility index (Phi) is 5.46. The number of aromatic nitrogens is 3. The zero-order valence-corrected chi connectivity index (χ0v) is 16.2. The van der Waals surface area contributed by atoms with Crippen molar-refractivity contribution < 1.29 is 9.18 Å². The second-order valence-electron chi connectivity index (χ2n) is 7.18. The molecule has 1 fully saturated rings. The van der Waals surface area contributed by atoms with Gasteiger partial charge in [0.05, 0.1) is 5.69 Å². The van der Waals surface area contributed by atoms with E-state index in [1.807, 2.05) is 23.1 Å². The van der Waals surface area contributed by atoms with E-state index in [4.69, 9.17) is 4.98 Å². The van der Waals surface area contributed by atoms with Gasteiger partial charge in [-0.05, 0) is 43.2 Å². The highest BCUT2D eigenvalue weighted by molar-refractivity contribution is 5.73. The lowest BCUT2D eigenvalue weighted by Crippen LogP contribution is -2.37. The van der Waals surface area contributed by atoms with Crippen molar-refractivity contribution in [1.29, 1.82) is 0 Å². The molecule has 1 aliphatic rings. The lowest BCUT2D eigenvalue weighted by Gasteiger charge is -2.32. The van der Waals surface area contributed by atoms with Gasteiger partial charge in [-0.25, -0.2) is 14.4 Å². The summed E-state index contributed by atoms with van der Waals surface area (Å²) in [7, 11) is 0. The van der Waals surface area contributed by atoms with Gasteiger partial charge in [-0.15, -0.1) is 0 Å². The predicted octanol–water partition coefficient (Wildman–Crippen LogP) is 4.15. The SMILES string of the molecule is CC(=O)N1CCC[C@H](c2cc(Nc3cccc(F)c3)nc(-c3cccnc3)n2)C1. The average Bonchev–Trinajstić information content (AvgIpc) is 2.74. The molecule has 0 unspecified atom stereocenters. The number of hydrogen-bond donors (Lipinski definition) is 1. The molecule has 3 aromatic rings. The molecule has 0 aliphatic carbocycles. The minimum atomic E-state index is -0.318. The Morgan fingerprint density at radius 1 is 1.21 bits per heavy atom. The number of pyridine rings is 1. The molecule has 29 heavy (non-hydrogen) atoms. The summed E-state index contributed by atoms with van der Waals surface area (Å²) in [4.78, 5) is 27.3. The van der Waals surface area contributed by atoms with E-state index in [2.05, 4.69) is 15.3 Å². The molecule has 0 bridgehead atoms. The Morgan fingerprint density at radius 3 is 2.86 bits per heavy atom. The largest absolute Gasteiger partial charge is 0.342 e. The Balaban J connectivity index is 1.71. The van der Waals surface area contributed by atoms with Gasteiger partial charge in [0, 0.05) is 55.6 Å². The fraction of sp³-hybridized carbons (Fsp3) is 0.273. The van der Waals surface area contributed by atoms with Gasteiger partial charge < -0.3 is 10.2 Å². The third-order valence-corrected chi connectivity index (χ3v) is 5.05. The fourth-order valence-electron chi connectivity index (χ4n) is 3.58. The van der Waals surface area contributed by atoms with Crippen LogP contribution in [0.1, 0.15) is 31.4 Å². The first-order valence-corrected chi connectivity index (χ1v) is 9.66. The van der Waals surface area contributed by atoms with Gasteiger partial charge in [0.25, 0.3) is 0 Å². The van der Waals surface area contributed by atoms with Crippen LogP contribution in [0.3, 0.4) is 0 Å². The Bertz CT molecular complexity index is 1010. The van der Waals surface area contributed by atoms with Crippen molar-refractivity contribution in [2.75, 3.05) is 18.4 Å². The van der Waals surface area contributed by atoms with Crippen LogP contribution >= 0.6 is 0 Å². The molecule has 3 heterocycles. The first-order chi connectivity index (χ1) is 14.1. The van der Waals surface area contributed by atoms with Crippen LogP contribution in [0.25, 0.3) is 11.4 Å². The monoisotopic (exact) mass is 391 g/mol. The molecular formula is C22H22FN5O. The summed E-state index contributed by atoms with van der Waals surface area (Å²) in [5, 5.41) is 3.18. The molecule has 1 aromatic carbocycles. The number of likely N-dealkylation sites (tertiary alicyclic amines) is 1. The highest BCUT2D eigenvalue weighted by atomic mass is 19.1. The first-order valence-electron chi connectivity index (χ1n) is 9.66. The Morgan fingerprint density at radius 2 is 2.10 bits per heavy atom. The van der Waals surface area contributed by atoms with E-state index in [1.165, 1.54) is 12.1 Å². The maximum Gasteiger partial charge on any atom is 0.219 e. The van der Waals surface area contributed by atoms with E-state index in [1.54, 1.807) is 31.5 Å². The quantitative estimate of drug-likeness (QED) is 0.724. The smallest absolute Gasteiger partial charge is 0.219 e. The molecule has 2 aromatic heterocycles. The molecule has 148 valence electrons. The van der Waals surface area contributed by atoms with E-state index in [0.29, 0.717) is 23.9 Å². The van der Waals surface area contributed by atoms with Gasteiger partial charge in [-0.3, -0.25) is 9.78 Å². The van der Waals surface area contributed by atoms with Crippen molar-refractivity contribution in [2.45, 2.75) is 25.7 Å². The molecule has 1 N–H and O–H groups in total. The molecule has 6 nitrogen and oxygen atoms in total. The number of halogens is 1. The second-order valence-corrected chi connectivity index (χ2v) is 7.18. The van der Waals surface area contributed by atoms with Crippen molar-refractivity contribution in [2.24, 2.45) is 0 Å². The number of hydrogen-bond acceptors (Lipinski definition) is 5. The maximum absolute atomic E-state index is 13.6. The van der Waals surface area contributed by atoms with Crippen LogP contribution in [0.15, 0.2) is 54.9 Å². The number of nitrogens with one attached hydrogen (secondary N) is 1. The molecule has 1 amide bonds. The van der Waals surface area contributed by atoms with Crippen molar-refractivity contribution >= 4 is 17.4 Å². The molecule has 1 saturated heterocycles. The summed E-state index contributed by atoms with van der Waals surface area (Å²) in [5.41, 5.74) is 2.28. The molecule has 7 heteroatoms. The minimum Gasteiger partial charge on any atom is -0.342 e. The summed E-state index contributed by atoms with van der Waals surface area (Å²) in [6.45, 7) is 3.01. The summed E-state index contributed by atoms with van der Waals surface area (Å²) >= 11 is 0. The van der Waals surface area contributed by atoms with Gasteiger partial charge in [0.1, 0.15) is 11.6 Å². The molecule has 0 saturated carbocycles. The van der Waals surface area contributed by atoms with E-state index in [0.717, 1.165) is 30.6 Å². The number of carbonyl (C=O) groups is 1. The van der Waals surface area contributed by atoms with E-state index in [9.17, 15) is 9.18 Å². The summed E-state index contributed by atoms with van der Waals surface area (Å²) in [5.74, 6) is 1.02. The first kappa shape index (κ1) is 19.0. The standard InChI is InChI=1S/C22H22FN5O/c1-15(29)28-10-4-6-17(14-28)20-12-21(25-19-8-2-7-18(23)11-19)27-22(26-20)16-5-3-9-24-13-16/h2-3,5,7-9,11-13,17H,4,6,10,14H2,1H3,(H,25,26,27)/t17-/m0/s1. The summed E-state index contributed by atoms with van der Waals surface area (Å²) in [6.07, 6.45) is 5.30. The van der Waals surface area contributed by atoms with E-state index in [-0.39, 0.29) is 17.6 Å². The van der Waals surface area contributed by atoms with Gasteiger partial charge in [0.15, 0.2) is 5.82 Å². The summed E-state index contributed by atoms with van der Waals surface area (Å²) < 4.78 is 13.6. The second kappa shape index (κ2) is 8.34. The van der Waals surface area contributed by atoms with Crippen molar-refractivity contribution in [3.05, 3.63) is 66.4 Å². The van der Waals surface area contributed by atoms with E-state index < -0.39 is 0 Å². The number of anilines is 2. The van der Waals surface area contributed by atoms with Crippen LogP contribution < -0.4 is 5.32 Å². The van der Waals surface area contributed by atoms with Gasteiger partial charge in [-0.2, -0.15) is 0 Å². The zero-order chi connectivity index (χ0) is 20.2. The molecule has 0 spiro atoms. The van der Waals surface area contributed by atoms with Crippen molar-refractivity contribution in [3.63, 3.8) is 0 Å². The highest BCUT2D eigenvalue weighted by Crippen LogP contribution is 2.29. The molecular weight excluding hydrogens is 369 g/mol. The average molecular weight is 391 g/mol. The van der Waals surface area contributed by atoms with Crippen LogP contribution in [-0.4, -0.2) is 38.8 Å². The Labute approximate surface area is 168 Å².